The summed E-state index contributed by atoms with van der Waals surface area (Å²) in [6, 6.07) is 9.58. The fourth-order valence-electron chi connectivity index (χ4n) is 5.48. The van der Waals surface area contributed by atoms with Gasteiger partial charge in [-0.05, 0) is 63.2 Å². The van der Waals surface area contributed by atoms with E-state index in [2.05, 4.69) is 78.3 Å². The molecule has 1 aliphatic carbocycles. The van der Waals surface area contributed by atoms with Gasteiger partial charge in [0.25, 0.3) is 0 Å². The quantitative estimate of drug-likeness (QED) is 0.262. The van der Waals surface area contributed by atoms with E-state index in [1.54, 1.807) is 0 Å². The molecule has 0 radical (unpaired) electrons. The third-order valence-electron chi connectivity index (χ3n) is 7.82. The van der Waals surface area contributed by atoms with Crippen LogP contribution in [0.15, 0.2) is 36.7 Å². The first-order valence-electron chi connectivity index (χ1n) is 14.4. The summed E-state index contributed by atoms with van der Waals surface area (Å²) >= 11 is 0. The fourth-order valence-corrected chi connectivity index (χ4v) is 5.48. The predicted octanol–water partition coefficient (Wildman–Crippen LogP) is 5.61. The number of anilines is 1. The van der Waals surface area contributed by atoms with Gasteiger partial charge in [0.1, 0.15) is 5.65 Å². The van der Waals surface area contributed by atoms with Crippen molar-refractivity contribution in [1.82, 2.24) is 24.8 Å². The number of aromatic nitrogens is 3. The van der Waals surface area contributed by atoms with Crippen molar-refractivity contribution in [2.24, 2.45) is 0 Å². The van der Waals surface area contributed by atoms with Gasteiger partial charge < -0.3 is 25.2 Å². The van der Waals surface area contributed by atoms with Gasteiger partial charge in [0.05, 0.1) is 6.10 Å². The van der Waals surface area contributed by atoms with Crippen LogP contribution in [0.4, 0.5) is 5.95 Å². The summed E-state index contributed by atoms with van der Waals surface area (Å²) in [7, 11) is 0. The smallest absolute Gasteiger partial charge is 0.224 e. The number of nitrogens with one attached hydrogen (secondary N) is 2. The summed E-state index contributed by atoms with van der Waals surface area (Å²) < 4.78 is 2.34. The van der Waals surface area contributed by atoms with Crippen molar-refractivity contribution in [2.75, 3.05) is 31.5 Å². The Hall–Kier alpha value is -2.48. The molecule has 0 aliphatic heterocycles. The molecule has 7 nitrogen and oxygen atoms in total. The van der Waals surface area contributed by atoms with Crippen molar-refractivity contribution < 1.29 is 5.11 Å². The topological polar surface area (TPSA) is 78.2 Å². The van der Waals surface area contributed by atoms with E-state index in [0.29, 0.717) is 18.0 Å². The number of aliphatic hydroxyl groups excluding tert-OH is 1. The van der Waals surface area contributed by atoms with E-state index in [1.165, 1.54) is 16.7 Å². The molecule has 4 rings (SSSR count). The standard InChI is InChI=1S/C30H46N6O/c1-5-8-22(4)33-30-32-20-27-28(21-36(29(27)34-30)25-13-15-26(37)16-14-25)24-11-9-23(10-12-24)19-31-17-18-35(6-2)7-3/h9-12,20-22,25-26,31,37H,5-8,13-19H2,1-4H3,(H,32,33,34). The number of likely N-dealkylation sites (N-methyl/N-ethyl adjacent to an activating group) is 1. The minimum atomic E-state index is -0.174. The average Bonchev–Trinajstić information content (AvgIpc) is 3.28. The van der Waals surface area contributed by atoms with Crippen LogP contribution in [0, 0.1) is 0 Å². The second-order valence-corrected chi connectivity index (χ2v) is 10.6. The van der Waals surface area contributed by atoms with Gasteiger partial charge in [-0.15, -0.1) is 0 Å². The molecule has 1 unspecified atom stereocenters. The molecule has 0 spiro atoms. The normalized spacial score (nSPS) is 19.0. The van der Waals surface area contributed by atoms with Crippen LogP contribution in [0.2, 0.25) is 0 Å². The minimum absolute atomic E-state index is 0.174. The Bertz CT molecular complexity index is 1100. The zero-order valence-electron chi connectivity index (χ0n) is 23.2. The molecule has 0 amide bonds. The largest absolute Gasteiger partial charge is 0.393 e. The summed E-state index contributed by atoms with van der Waals surface area (Å²) in [5, 5.41) is 18.2. The molecule has 2 aromatic heterocycles. The van der Waals surface area contributed by atoms with Crippen LogP contribution in [-0.2, 0) is 6.54 Å². The molecular weight excluding hydrogens is 460 g/mol. The first-order valence-corrected chi connectivity index (χ1v) is 14.4. The monoisotopic (exact) mass is 506 g/mol. The van der Waals surface area contributed by atoms with Crippen LogP contribution in [0.1, 0.15) is 77.8 Å². The molecule has 37 heavy (non-hydrogen) atoms. The summed E-state index contributed by atoms with van der Waals surface area (Å²) in [6.45, 7) is 14.0. The zero-order valence-corrected chi connectivity index (χ0v) is 23.2. The van der Waals surface area contributed by atoms with E-state index in [0.717, 1.165) is 82.3 Å². The molecule has 1 atom stereocenters. The number of rotatable bonds is 13. The van der Waals surface area contributed by atoms with Gasteiger partial charge in [0.2, 0.25) is 5.95 Å². The molecule has 7 heteroatoms. The van der Waals surface area contributed by atoms with Crippen LogP contribution in [-0.4, -0.2) is 62.9 Å². The van der Waals surface area contributed by atoms with E-state index >= 15 is 0 Å². The lowest BCUT2D eigenvalue weighted by Crippen LogP contribution is -2.31. The van der Waals surface area contributed by atoms with Gasteiger partial charge in [-0.1, -0.05) is 51.5 Å². The third-order valence-corrected chi connectivity index (χ3v) is 7.82. The van der Waals surface area contributed by atoms with Gasteiger partial charge in [-0.25, -0.2) is 4.98 Å². The number of nitrogens with zero attached hydrogens (tertiary/aromatic N) is 4. The Morgan fingerprint density at radius 3 is 2.49 bits per heavy atom. The minimum Gasteiger partial charge on any atom is -0.393 e. The van der Waals surface area contributed by atoms with E-state index < -0.39 is 0 Å². The molecule has 1 fully saturated rings. The van der Waals surface area contributed by atoms with Gasteiger partial charge in [0, 0.05) is 55.1 Å². The third kappa shape index (κ3) is 7.09. The molecule has 0 saturated heterocycles. The average molecular weight is 507 g/mol. The molecule has 1 aliphatic rings. The van der Waals surface area contributed by atoms with Gasteiger partial charge in [-0.2, -0.15) is 4.98 Å². The zero-order chi connectivity index (χ0) is 26.2. The van der Waals surface area contributed by atoms with Crippen molar-refractivity contribution >= 4 is 17.0 Å². The Morgan fingerprint density at radius 1 is 1.08 bits per heavy atom. The van der Waals surface area contributed by atoms with E-state index in [4.69, 9.17) is 9.97 Å². The maximum absolute atomic E-state index is 10.1. The highest BCUT2D eigenvalue weighted by Crippen LogP contribution is 2.36. The van der Waals surface area contributed by atoms with Crippen molar-refractivity contribution in [3.8, 4) is 11.1 Å². The highest BCUT2D eigenvalue weighted by molar-refractivity contribution is 5.94. The summed E-state index contributed by atoms with van der Waals surface area (Å²) in [5.74, 6) is 0.696. The lowest BCUT2D eigenvalue weighted by Gasteiger charge is -2.27. The second-order valence-electron chi connectivity index (χ2n) is 10.6. The Morgan fingerprint density at radius 2 is 1.81 bits per heavy atom. The predicted molar refractivity (Wildman–Crippen MR) is 154 cm³/mol. The molecule has 1 saturated carbocycles. The number of fused-ring (bicyclic) bond motifs is 1. The maximum Gasteiger partial charge on any atom is 0.224 e. The van der Waals surface area contributed by atoms with Crippen molar-refractivity contribution in [1.29, 1.82) is 0 Å². The molecule has 0 bridgehead atoms. The molecular formula is C30H46N6O. The van der Waals surface area contributed by atoms with E-state index in [1.807, 2.05) is 6.20 Å². The number of aliphatic hydroxyl groups is 1. The molecule has 2 heterocycles. The van der Waals surface area contributed by atoms with Crippen LogP contribution in [0.25, 0.3) is 22.2 Å². The maximum atomic E-state index is 10.1. The second kappa shape index (κ2) is 13.4. The fraction of sp³-hybridized carbons (Fsp3) is 0.600. The van der Waals surface area contributed by atoms with Crippen LogP contribution >= 0.6 is 0 Å². The number of benzene rings is 1. The SMILES string of the molecule is CCCC(C)Nc1ncc2c(-c3ccc(CNCCN(CC)CC)cc3)cn(C3CCC(O)CC3)c2n1. The van der Waals surface area contributed by atoms with E-state index in [-0.39, 0.29) is 6.10 Å². The molecule has 3 aromatic rings. The van der Waals surface area contributed by atoms with Crippen LogP contribution in [0.3, 0.4) is 0 Å². The highest BCUT2D eigenvalue weighted by Gasteiger charge is 2.24. The first-order chi connectivity index (χ1) is 18.0. The van der Waals surface area contributed by atoms with Crippen LogP contribution < -0.4 is 10.6 Å². The van der Waals surface area contributed by atoms with E-state index in [9.17, 15) is 5.11 Å². The molecule has 1 aromatic carbocycles. The van der Waals surface area contributed by atoms with Gasteiger partial charge in [-0.3, -0.25) is 0 Å². The Balaban J connectivity index is 1.55. The van der Waals surface area contributed by atoms with Crippen molar-refractivity contribution in [3.63, 3.8) is 0 Å². The first kappa shape index (κ1) is 27.6. The lowest BCUT2D eigenvalue weighted by molar-refractivity contribution is 0.111. The van der Waals surface area contributed by atoms with Crippen molar-refractivity contribution in [2.45, 2.75) is 91.0 Å². The molecule has 3 N–H and O–H groups in total. The Labute approximate surface area is 222 Å². The van der Waals surface area contributed by atoms with Gasteiger partial charge in [0.15, 0.2) is 0 Å². The summed E-state index contributed by atoms with van der Waals surface area (Å²) in [6.07, 6.45) is 9.93. The van der Waals surface area contributed by atoms with Gasteiger partial charge >= 0.3 is 0 Å². The number of hydrogen-bond acceptors (Lipinski definition) is 6. The van der Waals surface area contributed by atoms with Crippen LogP contribution in [0.5, 0.6) is 0 Å². The number of hydrogen-bond donors (Lipinski definition) is 3. The summed E-state index contributed by atoms with van der Waals surface area (Å²) in [5.41, 5.74) is 4.64. The van der Waals surface area contributed by atoms with Crippen molar-refractivity contribution in [3.05, 3.63) is 42.2 Å². The summed E-state index contributed by atoms with van der Waals surface area (Å²) in [4.78, 5) is 12.1. The Kier molecular flexibility index (Phi) is 9.95. The molecule has 202 valence electrons. The highest BCUT2D eigenvalue weighted by atomic mass is 16.3. The lowest BCUT2D eigenvalue weighted by atomic mass is 9.93.